The Bertz CT molecular complexity index is 1020. The summed E-state index contributed by atoms with van der Waals surface area (Å²) >= 11 is 0. The summed E-state index contributed by atoms with van der Waals surface area (Å²) in [6, 6.07) is 7.16. The van der Waals surface area contributed by atoms with Crippen LogP contribution in [0.1, 0.15) is 24.1 Å². The Labute approximate surface area is 162 Å². The van der Waals surface area contributed by atoms with Crippen molar-refractivity contribution in [1.82, 2.24) is 25.5 Å². The van der Waals surface area contributed by atoms with Gasteiger partial charge in [0.25, 0.3) is 0 Å². The fourth-order valence-electron chi connectivity index (χ4n) is 4.70. The van der Waals surface area contributed by atoms with E-state index in [4.69, 9.17) is 14.7 Å². The van der Waals surface area contributed by atoms with Crippen molar-refractivity contribution in [2.75, 3.05) is 29.9 Å². The molecule has 3 aliphatic heterocycles. The first kappa shape index (κ1) is 16.3. The number of ether oxygens (including phenoxy) is 1. The van der Waals surface area contributed by atoms with Crippen LogP contribution in [-0.4, -0.2) is 51.9 Å². The fourth-order valence-corrected chi connectivity index (χ4v) is 4.70. The quantitative estimate of drug-likeness (QED) is 0.644. The first-order chi connectivity index (χ1) is 13.8. The molecule has 28 heavy (non-hydrogen) atoms. The zero-order valence-electron chi connectivity index (χ0n) is 15.6. The number of fused-ring (bicyclic) bond motifs is 4. The number of hydrogen-bond acceptors (Lipinski definition) is 7. The van der Waals surface area contributed by atoms with Gasteiger partial charge in [-0.15, -0.1) is 0 Å². The lowest BCUT2D eigenvalue weighted by atomic mass is 10.1. The van der Waals surface area contributed by atoms with Gasteiger partial charge in [0.1, 0.15) is 5.82 Å². The lowest BCUT2D eigenvalue weighted by molar-refractivity contribution is 0.109. The predicted molar refractivity (Wildman–Crippen MR) is 107 cm³/mol. The number of rotatable bonds is 3. The maximum absolute atomic E-state index is 5.71. The second kappa shape index (κ2) is 6.42. The molecule has 2 unspecified atom stereocenters. The van der Waals surface area contributed by atoms with E-state index in [-0.39, 0.29) is 0 Å². The van der Waals surface area contributed by atoms with Crippen molar-refractivity contribution in [2.24, 2.45) is 0 Å². The van der Waals surface area contributed by atoms with Crippen LogP contribution in [0.5, 0.6) is 0 Å². The molecule has 144 valence electrons. The van der Waals surface area contributed by atoms with Gasteiger partial charge in [-0.2, -0.15) is 10.1 Å². The van der Waals surface area contributed by atoms with Crippen LogP contribution in [0.3, 0.4) is 0 Å². The third-order valence-electron chi connectivity index (χ3n) is 6.12. The molecule has 0 spiro atoms. The number of nitrogens with one attached hydrogen (secondary N) is 3. The molecule has 0 saturated carbocycles. The Kier molecular flexibility index (Phi) is 3.73. The molecule has 0 radical (unpaired) electrons. The average molecular weight is 377 g/mol. The summed E-state index contributed by atoms with van der Waals surface area (Å²) in [5.74, 6) is 1.72. The molecule has 2 atom stereocenters. The van der Waals surface area contributed by atoms with Crippen LogP contribution in [0, 0.1) is 0 Å². The largest absolute Gasteiger partial charge is 0.376 e. The Morgan fingerprint density at radius 3 is 2.93 bits per heavy atom. The molecule has 8 nitrogen and oxygen atoms in total. The fraction of sp³-hybridized carbons (Fsp3) is 0.450. The van der Waals surface area contributed by atoms with Gasteiger partial charge < -0.3 is 20.3 Å². The van der Waals surface area contributed by atoms with Gasteiger partial charge in [-0.3, -0.25) is 5.10 Å². The van der Waals surface area contributed by atoms with Crippen LogP contribution in [0.2, 0.25) is 0 Å². The van der Waals surface area contributed by atoms with Gasteiger partial charge in [-0.05, 0) is 31.0 Å². The monoisotopic (exact) mass is 377 g/mol. The predicted octanol–water partition coefficient (Wildman–Crippen LogP) is 2.11. The SMILES string of the molecule is c1cc2[nH]ncc2cc1Nc1nc(N2C3CCC2CNC3)nc2c1COCC2. The highest BCUT2D eigenvalue weighted by atomic mass is 16.5. The maximum atomic E-state index is 5.71. The Balaban J connectivity index is 1.41. The summed E-state index contributed by atoms with van der Waals surface area (Å²) < 4.78 is 5.71. The Morgan fingerprint density at radius 2 is 2.04 bits per heavy atom. The first-order valence-electron chi connectivity index (χ1n) is 10.0. The van der Waals surface area contributed by atoms with E-state index in [9.17, 15) is 0 Å². The van der Waals surface area contributed by atoms with E-state index >= 15 is 0 Å². The zero-order valence-corrected chi connectivity index (χ0v) is 15.6. The van der Waals surface area contributed by atoms with Crippen LogP contribution in [0.4, 0.5) is 17.5 Å². The van der Waals surface area contributed by atoms with Crippen molar-refractivity contribution < 1.29 is 4.74 Å². The van der Waals surface area contributed by atoms with Gasteiger partial charge in [0.05, 0.1) is 30.6 Å². The van der Waals surface area contributed by atoms with Crippen LogP contribution in [-0.2, 0) is 17.8 Å². The minimum atomic E-state index is 0.492. The maximum Gasteiger partial charge on any atom is 0.228 e. The lowest BCUT2D eigenvalue weighted by Crippen LogP contribution is -2.52. The lowest BCUT2D eigenvalue weighted by Gasteiger charge is -2.36. The van der Waals surface area contributed by atoms with Gasteiger partial charge in [0.15, 0.2) is 0 Å². The number of H-pyrrole nitrogens is 1. The van der Waals surface area contributed by atoms with Crippen molar-refractivity contribution in [1.29, 1.82) is 0 Å². The summed E-state index contributed by atoms with van der Waals surface area (Å²) in [4.78, 5) is 12.4. The van der Waals surface area contributed by atoms with Gasteiger partial charge in [0.2, 0.25) is 5.95 Å². The molecule has 5 heterocycles. The normalized spacial score (nSPS) is 23.8. The second-order valence-electron chi connectivity index (χ2n) is 7.85. The molecule has 2 fully saturated rings. The smallest absolute Gasteiger partial charge is 0.228 e. The summed E-state index contributed by atoms with van der Waals surface area (Å²) in [5.41, 5.74) is 4.21. The number of nitrogens with zero attached hydrogens (tertiary/aromatic N) is 4. The van der Waals surface area contributed by atoms with Gasteiger partial charge in [0, 0.05) is 48.2 Å². The molecule has 0 amide bonds. The molecular formula is C20H23N7O. The zero-order chi connectivity index (χ0) is 18.5. The molecule has 3 aromatic rings. The molecule has 3 aliphatic rings. The summed E-state index contributed by atoms with van der Waals surface area (Å²) in [7, 11) is 0. The Morgan fingerprint density at radius 1 is 1.14 bits per heavy atom. The Hall–Kier alpha value is -2.71. The van der Waals surface area contributed by atoms with E-state index in [0.717, 1.165) is 65.7 Å². The van der Waals surface area contributed by atoms with E-state index in [2.05, 4.69) is 31.8 Å². The van der Waals surface area contributed by atoms with E-state index in [1.54, 1.807) is 0 Å². The molecular weight excluding hydrogens is 354 g/mol. The average Bonchev–Trinajstić information content (AvgIpc) is 3.29. The molecule has 2 saturated heterocycles. The van der Waals surface area contributed by atoms with Crippen LogP contribution < -0.4 is 15.5 Å². The van der Waals surface area contributed by atoms with E-state index in [0.29, 0.717) is 18.7 Å². The van der Waals surface area contributed by atoms with Crippen LogP contribution in [0.25, 0.3) is 10.9 Å². The number of piperazine rings is 1. The van der Waals surface area contributed by atoms with Crippen LogP contribution in [0.15, 0.2) is 24.4 Å². The number of aromatic amines is 1. The summed E-state index contributed by atoms with van der Waals surface area (Å²) in [5, 5.41) is 15.2. The van der Waals surface area contributed by atoms with Crippen LogP contribution >= 0.6 is 0 Å². The van der Waals surface area contributed by atoms with Gasteiger partial charge >= 0.3 is 0 Å². The minimum Gasteiger partial charge on any atom is -0.376 e. The number of benzene rings is 1. The third-order valence-corrected chi connectivity index (χ3v) is 6.12. The van der Waals surface area contributed by atoms with Crippen molar-refractivity contribution in [3.05, 3.63) is 35.7 Å². The highest BCUT2D eigenvalue weighted by Gasteiger charge is 2.38. The van der Waals surface area contributed by atoms with E-state index in [1.165, 1.54) is 12.8 Å². The molecule has 2 bridgehead atoms. The third kappa shape index (κ3) is 2.63. The van der Waals surface area contributed by atoms with Crippen molar-refractivity contribution >= 4 is 28.4 Å². The van der Waals surface area contributed by atoms with Crippen molar-refractivity contribution in [3.63, 3.8) is 0 Å². The van der Waals surface area contributed by atoms with Crippen molar-refractivity contribution in [2.45, 2.75) is 38.0 Å². The summed E-state index contributed by atoms with van der Waals surface area (Å²) in [6.07, 6.45) is 5.09. The molecule has 3 N–H and O–H groups in total. The molecule has 2 aromatic heterocycles. The highest BCUT2D eigenvalue weighted by Crippen LogP contribution is 2.34. The second-order valence-corrected chi connectivity index (χ2v) is 7.85. The van der Waals surface area contributed by atoms with Gasteiger partial charge in [-0.1, -0.05) is 0 Å². The minimum absolute atomic E-state index is 0.492. The first-order valence-corrected chi connectivity index (χ1v) is 10.0. The number of anilines is 3. The van der Waals surface area contributed by atoms with E-state index in [1.807, 2.05) is 18.3 Å². The van der Waals surface area contributed by atoms with Gasteiger partial charge in [-0.25, -0.2) is 4.98 Å². The van der Waals surface area contributed by atoms with E-state index < -0.39 is 0 Å². The molecule has 6 rings (SSSR count). The number of aromatic nitrogens is 4. The summed E-state index contributed by atoms with van der Waals surface area (Å²) in [6.45, 7) is 3.30. The highest BCUT2D eigenvalue weighted by molar-refractivity contribution is 5.83. The molecule has 0 aliphatic carbocycles. The standard InChI is InChI=1S/C20H23N7O/c1-4-17-12(8-22-26-17)7-13(1)23-19-16-11-28-6-5-18(16)24-20(25-19)27-14-2-3-15(27)10-21-9-14/h1,4,7-8,14-15,21H,2-3,5-6,9-11H2,(H,22,26)(H,23,24,25). The molecule has 1 aromatic carbocycles. The topological polar surface area (TPSA) is 91.0 Å². The van der Waals surface area contributed by atoms with Crippen molar-refractivity contribution in [3.8, 4) is 0 Å². The number of hydrogen-bond donors (Lipinski definition) is 3. The molecule has 8 heteroatoms.